The fourth-order valence-corrected chi connectivity index (χ4v) is 1.40. The van der Waals surface area contributed by atoms with E-state index in [9.17, 15) is 0 Å². The van der Waals surface area contributed by atoms with Gasteiger partial charge in [-0.05, 0) is 18.9 Å². The standard InChI is InChI=1S/C10H13N3O/c1-2-3-4-8-7-13-9(11-8)5-6-10(14)12-13/h5-7H,2-4H2,1H3,(H,12,14). The predicted octanol–water partition coefficient (Wildman–Crippen LogP) is 1.78. The van der Waals surface area contributed by atoms with Gasteiger partial charge >= 0.3 is 0 Å². The molecule has 2 aromatic heterocycles. The van der Waals surface area contributed by atoms with Crippen molar-refractivity contribution in [2.75, 3.05) is 0 Å². The van der Waals surface area contributed by atoms with Crippen molar-refractivity contribution in [3.8, 4) is 5.88 Å². The van der Waals surface area contributed by atoms with Crippen LogP contribution in [0.2, 0.25) is 0 Å². The second kappa shape index (κ2) is 3.65. The van der Waals surface area contributed by atoms with Gasteiger partial charge in [0.25, 0.3) is 0 Å². The van der Waals surface area contributed by atoms with Gasteiger partial charge < -0.3 is 5.11 Å². The summed E-state index contributed by atoms with van der Waals surface area (Å²) in [5, 5.41) is 13.1. The van der Waals surface area contributed by atoms with Crippen LogP contribution >= 0.6 is 0 Å². The zero-order valence-electron chi connectivity index (χ0n) is 8.14. The van der Waals surface area contributed by atoms with Crippen LogP contribution in [-0.2, 0) is 6.42 Å². The summed E-state index contributed by atoms with van der Waals surface area (Å²) in [4.78, 5) is 4.38. The van der Waals surface area contributed by atoms with Crippen LogP contribution in [0.3, 0.4) is 0 Å². The molecule has 0 radical (unpaired) electrons. The molecule has 0 atom stereocenters. The van der Waals surface area contributed by atoms with Gasteiger partial charge in [0.2, 0.25) is 5.88 Å². The monoisotopic (exact) mass is 191 g/mol. The van der Waals surface area contributed by atoms with E-state index in [1.54, 1.807) is 16.6 Å². The fourth-order valence-electron chi connectivity index (χ4n) is 1.40. The lowest BCUT2D eigenvalue weighted by molar-refractivity contribution is 0.442. The van der Waals surface area contributed by atoms with Crippen LogP contribution in [0.1, 0.15) is 25.5 Å². The van der Waals surface area contributed by atoms with Crippen molar-refractivity contribution in [3.05, 3.63) is 24.0 Å². The molecule has 0 bridgehead atoms. The van der Waals surface area contributed by atoms with Crippen LogP contribution in [0.25, 0.3) is 5.65 Å². The topological polar surface area (TPSA) is 50.4 Å². The molecule has 14 heavy (non-hydrogen) atoms. The van der Waals surface area contributed by atoms with Crippen molar-refractivity contribution in [1.29, 1.82) is 0 Å². The first-order chi connectivity index (χ1) is 6.79. The summed E-state index contributed by atoms with van der Waals surface area (Å²) in [6.45, 7) is 2.15. The van der Waals surface area contributed by atoms with Crippen molar-refractivity contribution >= 4 is 5.65 Å². The lowest BCUT2D eigenvalue weighted by atomic mass is 10.2. The van der Waals surface area contributed by atoms with Crippen LogP contribution in [-0.4, -0.2) is 19.7 Å². The van der Waals surface area contributed by atoms with Crippen molar-refractivity contribution in [1.82, 2.24) is 14.6 Å². The first-order valence-electron chi connectivity index (χ1n) is 4.84. The van der Waals surface area contributed by atoms with E-state index in [1.165, 1.54) is 0 Å². The van der Waals surface area contributed by atoms with E-state index in [1.807, 2.05) is 6.20 Å². The molecule has 0 fully saturated rings. The highest BCUT2D eigenvalue weighted by Crippen LogP contribution is 2.09. The summed E-state index contributed by atoms with van der Waals surface area (Å²) < 4.78 is 1.61. The number of fused-ring (bicyclic) bond motifs is 1. The predicted molar refractivity (Wildman–Crippen MR) is 53.3 cm³/mol. The maximum atomic E-state index is 9.16. The summed E-state index contributed by atoms with van der Waals surface area (Å²) in [7, 11) is 0. The van der Waals surface area contributed by atoms with E-state index in [2.05, 4.69) is 17.0 Å². The van der Waals surface area contributed by atoms with E-state index >= 15 is 0 Å². The normalized spacial score (nSPS) is 10.9. The van der Waals surface area contributed by atoms with Gasteiger partial charge in [0.1, 0.15) is 0 Å². The lowest BCUT2D eigenvalue weighted by Crippen LogP contribution is -1.87. The van der Waals surface area contributed by atoms with E-state index in [4.69, 9.17) is 5.11 Å². The molecule has 0 amide bonds. The van der Waals surface area contributed by atoms with Crippen LogP contribution < -0.4 is 0 Å². The van der Waals surface area contributed by atoms with Crippen LogP contribution in [0.5, 0.6) is 5.88 Å². The number of aryl methyl sites for hydroxylation is 1. The molecular formula is C10H13N3O. The second-order valence-corrected chi connectivity index (χ2v) is 3.33. The number of unbranched alkanes of at least 4 members (excludes halogenated alkanes) is 1. The molecule has 2 heterocycles. The van der Waals surface area contributed by atoms with E-state index in [-0.39, 0.29) is 5.88 Å². The Kier molecular flexibility index (Phi) is 2.35. The Labute approximate surface area is 82.2 Å². The van der Waals surface area contributed by atoms with Gasteiger partial charge in [0, 0.05) is 6.07 Å². The molecule has 4 heteroatoms. The van der Waals surface area contributed by atoms with Gasteiger partial charge in [-0.1, -0.05) is 13.3 Å². The fraction of sp³-hybridized carbons (Fsp3) is 0.400. The Morgan fingerprint density at radius 1 is 1.43 bits per heavy atom. The Morgan fingerprint density at radius 3 is 3.07 bits per heavy atom. The molecule has 0 aliphatic carbocycles. The van der Waals surface area contributed by atoms with Crippen molar-refractivity contribution in [3.63, 3.8) is 0 Å². The molecule has 0 aliphatic heterocycles. The molecule has 0 spiro atoms. The molecule has 0 unspecified atom stereocenters. The largest absolute Gasteiger partial charge is 0.492 e. The summed E-state index contributed by atoms with van der Waals surface area (Å²) in [5.41, 5.74) is 1.82. The van der Waals surface area contributed by atoms with E-state index < -0.39 is 0 Å². The first kappa shape index (κ1) is 8.99. The number of aromatic hydroxyl groups is 1. The average Bonchev–Trinajstić information content (AvgIpc) is 2.56. The van der Waals surface area contributed by atoms with Gasteiger partial charge in [-0.25, -0.2) is 9.50 Å². The molecule has 1 N–H and O–H groups in total. The Morgan fingerprint density at radius 2 is 2.29 bits per heavy atom. The van der Waals surface area contributed by atoms with E-state index in [0.29, 0.717) is 0 Å². The summed E-state index contributed by atoms with van der Waals surface area (Å²) in [5.74, 6) is 0.0249. The molecule has 0 saturated carbocycles. The molecule has 0 saturated heterocycles. The molecule has 2 aromatic rings. The highest BCUT2D eigenvalue weighted by atomic mass is 16.3. The number of hydrogen-bond donors (Lipinski definition) is 1. The van der Waals surface area contributed by atoms with Gasteiger partial charge in [-0.15, -0.1) is 5.10 Å². The third kappa shape index (κ3) is 1.69. The number of nitrogens with zero attached hydrogens (tertiary/aromatic N) is 3. The molecule has 4 nitrogen and oxygen atoms in total. The minimum Gasteiger partial charge on any atom is -0.492 e. The quantitative estimate of drug-likeness (QED) is 0.804. The summed E-state index contributed by atoms with van der Waals surface area (Å²) in [6.07, 6.45) is 5.13. The minimum absolute atomic E-state index is 0.0249. The Bertz CT molecular complexity index is 436. The summed E-state index contributed by atoms with van der Waals surface area (Å²) in [6, 6.07) is 3.31. The first-order valence-corrected chi connectivity index (χ1v) is 4.84. The van der Waals surface area contributed by atoms with Crippen LogP contribution in [0, 0.1) is 0 Å². The second-order valence-electron chi connectivity index (χ2n) is 3.33. The van der Waals surface area contributed by atoms with Gasteiger partial charge in [0.15, 0.2) is 5.65 Å². The lowest BCUT2D eigenvalue weighted by Gasteiger charge is -1.90. The number of hydrogen-bond acceptors (Lipinski definition) is 3. The number of aromatic nitrogens is 3. The molecule has 2 rings (SSSR count). The van der Waals surface area contributed by atoms with Gasteiger partial charge in [0.05, 0.1) is 11.9 Å². The Balaban J connectivity index is 2.32. The zero-order valence-corrected chi connectivity index (χ0v) is 8.14. The zero-order chi connectivity index (χ0) is 9.97. The number of rotatable bonds is 3. The van der Waals surface area contributed by atoms with Crippen LogP contribution in [0.4, 0.5) is 0 Å². The molecule has 0 aromatic carbocycles. The van der Waals surface area contributed by atoms with E-state index in [0.717, 1.165) is 30.6 Å². The molecule has 74 valence electrons. The Hall–Kier alpha value is -1.58. The molecule has 0 aliphatic rings. The average molecular weight is 191 g/mol. The highest BCUT2D eigenvalue weighted by molar-refractivity contribution is 5.39. The highest BCUT2D eigenvalue weighted by Gasteiger charge is 2.02. The van der Waals surface area contributed by atoms with Gasteiger partial charge in [-0.3, -0.25) is 0 Å². The molecular weight excluding hydrogens is 178 g/mol. The maximum Gasteiger partial charge on any atom is 0.229 e. The third-order valence-electron chi connectivity index (χ3n) is 2.14. The SMILES string of the molecule is CCCCc1cn2nc(O)ccc2n1. The smallest absolute Gasteiger partial charge is 0.229 e. The minimum atomic E-state index is 0.0249. The summed E-state index contributed by atoms with van der Waals surface area (Å²) >= 11 is 0. The third-order valence-corrected chi connectivity index (χ3v) is 2.14. The van der Waals surface area contributed by atoms with Crippen LogP contribution in [0.15, 0.2) is 18.3 Å². The number of imidazole rings is 1. The maximum absolute atomic E-state index is 9.16. The van der Waals surface area contributed by atoms with Crippen molar-refractivity contribution < 1.29 is 5.11 Å². The van der Waals surface area contributed by atoms with Gasteiger partial charge in [-0.2, -0.15) is 0 Å². The van der Waals surface area contributed by atoms with Crippen molar-refractivity contribution in [2.24, 2.45) is 0 Å². The van der Waals surface area contributed by atoms with Crippen molar-refractivity contribution in [2.45, 2.75) is 26.2 Å².